The van der Waals surface area contributed by atoms with E-state index in [1.807, 2.05) is 37.4 Å². The van der Waals surface area contributed by atoms with Crippen LogP contribution >= 0.6 is 0 Å². The lowest BCUT2D eigenvalue weighted by atomic mass is 9.73. The average molecular weight is 365 g/mol. The predicted octanol–water partition coefficient (Wildman–Crippen LogP) is 1.66. The molecule has 0 saturated carbocycles. The predicted molar refractivity (Wildman–Crippen MR) is 101 cm³/mol. The molecule has 27 heavy (non-hydrogen) atoms. The normalized spacial score (nSPS) is 24.4. The molecule has 2 aliphatic rings. The first-order valence-electron chi connectivity index (χ1n) is 9.34. The van der Waals surface area contributed by atoms with Gasteiger partial charge in [0, 0.05) is 31.3 Å². The van der Waals surface area contributed by atoms with E-state index in [1.54, 1.807) is 16.0 Å². The van der Waals surface area contributed by atoms with Crippen molar-refractivity contribution >= 4 is 11.8 Å². The van der Waals surface area contributed by atoms with E-state index in [0.29, 0.717) is 13.0 Å². The molecule has 3 heterocycles. The average Bonchev–Trinajstić information content (AvgIpc) is 2.70. The number of piperazine rings is 1. The van der Waals surface area contributed by atoms with Gasteiger partial charge in [-0.05, 0) is 22.8 Å². The van der Waals surface area contributed by atoms with Gasteiger partial charge in [-0.25, -0.2) is 0 Å². The van der Waals surface area contributed by atoms with Crippen LogP contribution in [0.1, 0.15) is 24.8 Å². The molecule has 6 heteroatoms. The molecule has 0 bridgehead atoms. The summed E-state index contributed by atoms with van der Waals surface area (Å²) in [5, 5.41) is 9.85. The fourth-order valence-electron chi connectivity index (χ4n) is 4.34. The number of nitrogens with zero attached hydrogens (tertiary/aromatic N) is 3. The third-order valence-electron chi connectivity index (χ3n) is 5.70. The van der Waals surface area contributed by atoms with Gasteiger partial charge in [-0.1, -0.05) is 37.3 Å². The maximum Gasteiger partial charge on any atom is 0.242 e. The maximum absolute atomic E-state index is 12.5. The quantitative estimate of drug-likeness (QED) is 0.894. The molecule has 2 fully saturated rings. The van der Waals surface area contributed by atoms with E-state index in [2.05, 4.69) is 17.1 Å². The number of carbonyl (C=O) groups is 2. The number of rotatable bonds is 4. The number of pyridine rings is 1. The number of amides is 2. The lowest BCUT2D eigenvalue weighted by Gasteiger charge is -2.58. The zero-order chi connectivity index (χ0) is 19.0. The van der Waals surface area contributed by atoms with Crippen LogP contribution in [0.25, 0.3) is 11.1 Å². The van der Waals surface area contributed by atoms with E-state index < -0.39 is 0 Å². The lowest BCUT2D eigenvalue weighted by molar-refractivity contribution is -0.166. The maximum atomic E-state index is 12.5. The Labute approximate surface area is 158 Å². The highest BCUT2D eigenvalue weighted by molar-refractivity contribution is 5.87. The number of aromatic nitrogens is 1. The van der Waals surface area contributed by atoms with Gasteiger partial charge in [-0.3, -0.25) is 14.6 Å². The highest BCUT2D eigenvalue weighted by Crippen LogP contribution is 2.43. The molecule has 1 aromatic heterocycles. The van der Waals surface area contributed by atoms with Gasteiger partial charge in [0.2, 0.25) is 11.8 Å². The molecule has 1 N–H and O–H groups in total. The van der Waals surface area contributed by atoms with Crippen LogP contribution in [0.4, 0.5) is 0 Å². The standard InChI is InChI=1S/C21H23N3O3/c1-2-19(26)23-11-17-21(18(13-25)24(17)20(27)12-23)15-7-5-14(6-8-15)16-4-3-9-22-10-16/h3-10,17-18,21,25H,2,11-13H2,1H3/t17-,18+,21-/m0/s1. The largest absolute Gasteiger partial charge is 0.394 e. The molecular weight excluding hydrogens is 342 g/mol. The molecule has 2 amide bonds. The second-order valence-corrected chi connectivity index (χ2v) is 7.14. The van der Waals surface area contributed by atoms with Gasteiger partial charge in [0.1, 0.15) is 0 Å². The number of benzene rings is 1. The molecule has 0 aliphatic carbocycles. The molecule has 0 spiro atoms. The highest BCUT2D eigenvalue weighted by atomic mass is 16.3. The molecule has 140 valence electrons. The molecular formula is C21H23N3O3. The summed E-state index contributed by atoms with van der Waals surface area (Å²) in [6.07, 6.45) is 3.97. The molecule has 6 nitrogen and oxygen atoms in total. The number of carbonyl (C=O) groups excluding carboxylic acids is 2. The van der Waals surface area contributed by atoms with Crippen molar-refractivity contribution in [1.82, 2.24) is 14.8 Å². The van der Waals surface area contributed by atoms with Crippen molar-refractivity contribution in [2.75, 3.05) is 19.7 Å². The van der Waals surface area contributed by atoms with Crippen LogP contribution < -0.4 is 0 Å². The summed E-state index contributed by atoms with van der Waals surface area (Å²) in [7, 11) is 0. The van der Waals surface area contributed by atoms with Crippen molar-refractivity contribution in [1.29, 1.82) is 0 Å². The number of aliphatic hydroxyl groups is 1. The molecule has 2 aromatic rings. The minimum Gasteiger partial charge on any atom is -0.394 e. The number of hydrogen-bond donors (Lipinski definition) is 1. The summed E-state index contributed by atoms with van der Waals surface area (Å²) in [6, 6.07) is 11.8. The van der Waals surface area contributed by atoms with Crippen LogP contribution in [-0.2, 0) is 9.59 Å². The number of hydrogen-bond acceptors (Lipinski definition) is 4. The Morgan fingerprint density at radius 3 is 2.63 bits per heavy atom. The minimum absolute atomic E-state index is 0.00104. The fraction of sp³-hybridized carbons (Fsp3) is 0.381. The molecule has 2 aliphatic heterocycles. The fourth-order valence-corrected chi connectivity index (χ4v) is 4.34. The Kier molecular flexibility index (Phi) is 4.66. The van der Waals surface area contributed by atoms with E-state index in [1.165, 1.54) is 0 Å². The van der Waals surface area contributed by atoms with Crippen LogP contribution in [0.3, 0.4) is 0 Å². The van der Waals surface area contributed by atoms with Crippen LogP contribution in [0.5, 0.6) is 0 Å². The summed E-state index contributed by atoms with van der Waals surface area (Å²) in [5.41, 5.74) is 3.21. The monoisotopic (exact) mass is 365 g/mol. The summed E-state index contributed by atoms with van der Waals surface area (Å²) in [5.74, 6) is -0.0363. The van der Waals surface area contributed by atoms with Gasteiger partial charge in [-0.2, -0.15) is 0 Å². The summed E-state index contributed by atoms with van der Waals surface area (Å²) in [4.78, 5) is 32.1. The van der Waals surface area contributed by atoms with Crippen LogP contribution in [0, 0.1) is 0 Å². The third-order valence-corrected chi connectivity index (χ3v) is 5.70. The Hall–Kier alpha value is -2.73. The summed E-state index contributed by atoms with van der Waals surface area (Å²) in [6.45, 7) is 2.39. The van der Waals surface area contributed by atoms with Crippen molar-refractivity contribution in [3.8, 4) is 11.1 Å². The second-order valence-electron chi connectivity index (χ2n) is 7.14. The van der Waals surface area contributed by atoms with Crippen molar-refractivity contribution in [2.45, 2.75) is 31.3 Å². The van der Waals surface area contributed by atoms with E-state index in [9.17, 15) is 14.7 Å². The summed E-state index contributed by atoms with van der Waals surface area (Å²) >= 11 is 0. The first kappa shape index (κ1) is 17.7. The van der Waals surface area contributed by atoms with Crippen molar-refractivity contribution < 1.29 is 14.7 Å². The molecule has 0 unspecified atom stereocenters. The third kappa shape index (κ3) is 3.00. The van der Waals surface area contributed by atoms with E-state index >= 15 is 0 Å². The molecule has 0 radical (unpaired) electrons. The van der Waals surface area contributed by atoms with Gasteiger partial charge in [0.15, 0.2) is 0 Å². The highest BCUT2D eigenvalue weighted by Gasteiger charge is 2.54. The first-order valence-corrected chi connectivity index (χ1v) is 9.34. The lowest BCUT2D eigenvalue weighted by Crippen LogP contribution is -2.73. The minimum atomic E-state index is -0.217. The molecule has 1 aromatic carbocycles. The van der Waals surface area contributed by atoms with E-state index in [-0.39, 0.29) is 43.0 Å². The molecule has 4 rings (SSSR count). The Balaban J connectivity index is 1.58. The van der Waals surface area contributed by atoms with E-state index in [4.69, 9.17) is 0 Å². The van der Waals surface area contributed by atoms with Gasteiger partial charge in [0.05, 0.1) is 25.2 Å². The van der Waals surface area contributed by atoms with Gasteiger partial charge in [-0.15, -0.1) is 0 Å². The zero-order valence-electron chi connectivity index (χ0n) is 15.3. The van der Waals surface area contributed by atoms with E-state index in [0.717, 1.165) is 16.7 Å². The number of fused-ring (bicyclic) bond motifs is 1. The number of aliphatic hydroxyl groups excluding tert-OH is 1. The smallest absolute Gasteiger partial charge is 0.242 e. The van der Waals surface area contributed by atoms with Gasteiger partial charge < -0.3 is 14.9 Å². The van der Waals surface area contributed by atoms with Crippen molar-refractivity contribution in [2.24, 2.45) is 0 Å². The Bertz CT molecular complexity index is 838. The van der Waals surface area contributed by atoms with Crippen LogP contribution in [0.2, 0.25) is 0 Å². The SMILES string of the molecule is CCC(=O)N1CC(=O)N2[C@H](CO)[C@@H](c3ccc(-c4cccnc4)cc3)[C@@H]2C1. The topological polar surface area (TPSA) is 73.7 Å². The summed E-state index contributed by atoms with van der Waals surface area (Å²) < 4.78 is 0. The van der Waals surface area contributed by atoms with Crippen LogP contribution in [0.15, 0.2) is 48.8 Å². The van der Waals surface area contributed by atoms with Crippen molar-refractivity contribution in [3.05, 3.63) is 54.4 Å². The first-order chi connectivity index (χ1) is 13.1. The Morgan fingerprint density at radius 1 is 1.22 bits per heavy atom. The Morgan fingerprint density at radius 2 is 2.00 bits per heavy atom. The second kappa shape index (κ2) is 7.12. The van der Waals surface area contributed by atoms with Gasteiger partial charge in [0.25, 0.3) is 0 Å². The van der Waals surface area contributed by atoms with Crippen molar-refractivity contribution in [3.63, 3.8) is 0 Å². The molecule has 3 atom stereocenters. The van der Waals surface area contributed by atoms with Gasteiger partial charge >= 0.3 is 0 Å². The van der Waals surface area contributed by atoms with Crippen LogP contribution in [-0.4, -0.2) is 63.5 Å². The zero-order valence-corrected chi connectivity index (χ0v) is 15.3. The molecule has 2 saturated heterocycles.